The Hall–Kier alpha value is -2.15. The molecule has 7 nitrogen and oxygen atoms in total. The lowest BCUT2D eigenvalue weighted by Gasteiger charge is -2.33. The highest BCUT2D eigenvalue weighted by molar-refractivity contribution is 5.32. The second kappa shape index (κ2) is 8.69. The number of nitrogens with zero attached hydrogens (tertiary/aromatic N) is 5. The Morgan fingerprint density at radius 2 is 1.93 bits per heavy atom. The molecule has 4 heterocycles. The molecule has 0 radical (unpaired) electrons. The van der Waals surface area contributed by atoms with Crippen LogP contribution in [0.15, 0.2) is 10.9 Å². The maximum atomic E-state index is 12.3. The first-order valence-corrected chi connectivity index (χ1v) is 11.2. The number of aryl methyl sites for hydroxylation is 2. The lowest BCUT2D eigenvalue weighted by Crippen LogP contribution is -2.36. The molecule has 7 heteroatoms. The molecule has 1 N–H and O–H groups in total. The third kappa shape index (κ3) is 4.39. The summed E-state index contributed by atoms with van der Waals surface area (Å²) in [7, 11) is 0. The van der Waals surface area contributed by atoms with Crippen molar-refractivity contribution in [2.75, 3.05) is 31.1 Å². The minimum absolute atomic E-state index is 0.0244. The summed E-state index contributed by atoms with van der Waals surface area (Å²) in [4.78, 5) is 25.0. The molecule has 2 aliphatic rings. The Morgan fingerprint density at radius 3 is 2.66 bits per heavy atom. The minimum atomic E-state index is -0.0244. The van der Waals surface area contributed by atoms with Crippen LogP contribution in [-0.2, 0) is 13.1 Å². The molecule has 0 amide bonds. The van der Waals surface area contributed by atoms with Gasteiger partial charge in [-0.05, 0) is 59.4 Å². The van der Waals surface area contributed by atoms with Gasteiger partial charge >= 0.3 is 0 Å². The quantitative estimate of drug-likeness (QED) is 0.838. The number of anilines is 1. The Balaban J connectivity index is 1.50. The van der Waals surface area contributed by atoms with Crippen molar-refractivity contribution < 1.29 is 0 Å². The Bertz CT molecular complexity index is 895. The lowest BCUT2D eigenvalue weighted by atomic mass is 9.94. The van der Waals surface area contributed by atoms with Gasteiger partial charge in [0.15, 0.2) is 0 Å². The second-order valence-electron chi connectivity index (χ2n) is 8.58. The van der Waals surface area contributed by atoms with Crippen LogP contribution in [0.2, 0.25) is 0 Å². The third-order valence-corrected chi connectivity index (χ3v) is 6.54. The summed E-state index contributed by atoms with van der Waals surface area (Å²) in [6, 6.07) is 1.72. The highest BCUT2D eigenvalue weighted by Crippen LogP contribution is 2.28. The normalized spacial score (nSPS) is 20.9. The van der Waals surface area contributed by atoms with Gasteiger partial charge in [-0.1, -0.05) is 0 Å². The largest absolute Gasteiger partial charge is 0.342 e. The summed E-state index contributed by atoms with van der Waals surface area (Å²) in [5.74, 6) is 1.08. The fourth-order valence-electron chi connectivity index (χ4n) is 4.86. The molecule has 29 heavy (non-hydrogen) atoms. The van der Waals surface area contributed by atoms with Gasteiger partial charge in [-0.15, -0.1) is 0 Å². The second-order valence-corrected chi connectivity index (χ2v) is 8.58. The molecule has 2 fully saturated rings. The SMILES string of the molecule is CCn1nc(C)c(CN2CCCC(c3cc(=O)[nH]c(N4CCCCC4)n3)C2)c1C. The zero-order chi connectivity index (χ0) is 20.4. The van der Waals surface area contributed by atoms with Crippen LogP contribution in [0.5, 0.6) is 0 Å². The van der Waals surface area contributed by atoms with Crippen molar-refractivity contribution in [2.24, 2.45) is 0 Å². The number of piperidine rings is 2. The number of H-pyrrole nitrogens is 1. The van der Waals surface area contributed by atoms with E-state index in [1.807, 2.05) is 0 Å². The van der Waals surface area contributed by atoms with Crippen molar-refractivity contribution in [1.29, 1.82) is 0 Å². The van der Waals surface area contributed by atoms with Crippen LogP contribution in [0.3, 0.4) is 0 Å². The molecular weight excluding hydrogens is 364 g/mol. The molecule has 0 aliphatic carbocycles. The molecule has 1 unspecified atom stereocenters. The maximum absolute atomic E-state index is 12.3. The summed E-state index contributed by atoms with van der Waals surface area (Å²) in [5, 5.41) is 4.67. The van der Waals surface area contributed by atoms with Gasteiger partial charge < -0.3 is 4.90 Å². The standard InChI is InChI=1S/C22H34N6O/c1-4-28-17(3)19(16(2)25-28)15-26-10-8-9-18(14-26)20-13-21(29)24-22(23-20)27-11-6-5-7-12-27/h13,18H,4-12,14-15H2,1-3H3,(H,23,24,29). The zero-order valence-electron chi connectivity index (χ0n) is 18.1. The van der Waals surface area contributed by atoms with Crippen molar-refractivity contribution in [1.82, 2.24) is 24.6 Å². The van der Waals surface area contributed by atoms with Crippen LogP contribution in [-0.4, -0.2) is 50.8 Å². The number of rotatable bonds is 5. The summed E-state index contributed by atoms with van der Waals surface area (Å²) in [5.41, 5.74) is 4.68. The highest BCUT2D eigenvalue weighted by atomic mass is 16.1. The van der Waals surface area contributed by atoms with Gasteiger partial charge in [0.1, 0.15) is 0 Å². The number of hydrogen-bond acceptors (Lipinski definition) is 5. The summed E-state index contributed by atoms with van der Waals surface area (Å²) in [6.07, 6.45) is 5.85. The van der Waals surface area contributed by atoms with Crippen LogP contribution in [0.1, 0.15) is 67.6 Å². The molecule has 2 aliphatic heterocycles. The first-order valence-electron chi connectivity index (χ1n) is 11.2. The van der Waals surface area contributed by atoms with Crippen molar-refractivity contribution in [3.63, 3.8) is 0 Å². The topological polar surface area (TPSA) is 70.1 Å². The van der Waals surface area contributed by atoms with Crippen LogP contribution in [0.25, 0.3) is 0 Å². The van der Waals surface area contributed by atoms with E-state index >= 15 is 0 Å². The van der Waals surface area contributed by atoms with E-state index in [9.17, 15) is 4.79 Å². The van der Waals surface area contributed by atoms with E-state index in [0.29, 0.717) is 5.92 Å². The van der Waals surface area contributed by atoms with Gasteiger partial charge in [0.25, 0.3) is 5.56 Å². The molecule has 0 saturated carbocycles. The van der Waals surface area contributed by atoms with Gasteiger partial charge in [0, 0.05) is 56.0 Å². The smallest absolute Gasteiger partial charge is 0.252 e. The lowest BCUT2D eigenvalue weighted by molar-refractivity contribution is 0.197. The Morgan fingerprint density at radius 1 is 1.14 bits per heavy atom. The molecule has 0 aromatic carbocycles. The first kappa shape index (κ1) is 20.1. The van der Waals surface area contributed by atoms with Crippen LogP contribution >= 0.6 is 0 Å². The molecule has 2 saturated heterocycles. The molecule has 2 aromatic heterocycles. The number of nitrogens with one attached hydrogen (secondary N) is 1. The molecule has 0 spiro atoms. The number of hydrogen-bond donors (Lipinski definition) is 1. The zero-order valence-corrected chi connectivity index (χ0v) is 18.1. The molecule has 1 atom stereocenters. The summed E-state index contributed by atoms with van der Waals surface area (Å²) < 4.78 is 2.09. The molecule has 4 rings (SSSR count). The van der Waals surface area contributed by atoms with Gasteiger partial charge in [0.05, 0.1) is 11.4 Å². The highest BCUT2D eigenvalue weighted by Gasteiger charge is 2.25. The van der Waals surface area contributed by atoms with Gasteiger partial charge in [0.2, 0.25) is 5.95 Å². The van der Waals surface area contributed by atoms with Crippen molar-refractivity contribution in [2.45, 2.75) is 71.9 Å². The fourth-order valence-corrected chi connectivity index (χ4v) is 4.86. The van der Waals surface area contributed by atoms with Gasteiger partial charge in [-0.2, -0.15) is 5.10 Å². The molecule has 158 valence electrons. The van der Waals surface area contributed by atoms with Crippen molar-refractivity contribution >= 4 is 5.95 Å². The molecular formula is C22H34N6O. The number of aromatic amines is 1. The minimum Gasteiger partial charge on any atom is -0.342 e. The Kier molecular flexibility index (Phi) is 6.04. The van der Waals surface area contributed by atoms with Gasteiger partial charge in [-0.25, -0.2) is 4.98 Å². The van der Waals surface area contributed by atoms with Crippen molar-refractivity contribution in [3.8, 4) is 0 Å². The fraction of sp³-hybridized carbons (Fsp3) is 0.682. The van der Waals surface area contributed by atoms with E-state index in [2.05, 4.69) is 45.3 Å². The average molecular weight is 399 g/mol. The third-order valence-electron chi connectivity index (χ3n) is 6.54. The van der Waals surface area contributed by atoms with E-state index in [4.69, 9.17) is 4.98 Å². The maximum Gasteiger partial charge on any atom is 0.252 e. The van der Waals surface area contributed by atoms with Crippen LogP contribution in [0.4, 0.5) is 5.95 Å². The van der Waals surface area contributed by atoms with E-state index in [1.54, 1.807) is 6.07 Å². The van der Waals surface area contributed by atoms with Crippen molar-refractivity contribution in [3.05, 3.63) is 39.1 Å². The number of likely N-dealkylation sites (tertiary alicyclic amines) is 1. The Labute approximate surface area is 173 Å². The number of aromatic nitrogens is 4. The summed E-state index contributed by atoms with van der Waals surface area (Å²) in [6.45, 7) is 12.3. The predicted octanol–water partition coefficient (Wildman–Crippen LogP) is 2.97. The molecule has 0 bridgehead atoms. The molecule has 2 aromatic rings. The van der Waals surface area contributed by atoms with E-state index in [0.717, 1.165) is 69.4 Å². The first-order chi connectivity index (χ1) is 14.0. The van der Waals surface area contributed by atoms with E-state index in [-0.39, 0.29) is 5.56 Å². The van der Waals surface area contributed by atoms with Gasteiger partial charge in [-0.3, -0.25) is 19.4 Å². The average Bonchev–Trinajstić information content (AvgIpc) is 3.02. The monoisotopic (exact) mass is 398 g/mol. The predicted molar refractivity (Wildman–Crippen MR) is 116 cm³/mol. The van der Waals surface area contributed by atoms with E-state index < -0.39 is 0 Å². The van der Waals surface area contributed by atoms with E-state index in [1.165, 1.54) is 30.5 Å². The van der Waals surface area contributed by atoms with Crippen LogP contribution < -0.4 is 10.5 Å². The van der Waals surface area contributed by atoms with Crippen LogP contribution in [0, 0.1) is 13.8 Å². The summed E-state index contributed by atoms with van der Waals surface area (Å²) >= 11 is 0.